The first-order chi connectivity index (χ1) is 11.1. The van der Waals surface area contributed by atoms with Crippen molar-refractivity contribution in [3.8, 4) is 11.3 Å². The van der Waals surface area contributed by atoms with E-state index in [0.29, 0.717) is 12.1 Å². The minimum absolute atomic E-state index is 0.117. The molecule has 0 aliphatic heterocycles. The largest absolute Gasteiger partial charge is 0.348 e. The van der Waals surface area contributed by atoms with Gasteiger partial charge >= 0.3 is 0 Å². The van der Waals surface area contributed by atoms with Gasteiger partial charge in [-0.15, -0.1) is 0 Å². The SMILES string of the molecule is Cc1nn(C)cc1C(=O)NCc1ccnc(-c2ccccc2)c1. The van der Waals surface area contributed by atoms with Crippen molar-refractivity contribution in [3.63, 3.8) is 0 Å². The third-order valence-corrected chi connectivity index (χ3v) is 3.61. The van der Waals surface area contributed by atoms with Crippen molar-refractivity contribution in [3.05, 3.63) is 71.7 Å². The number of rotatable bonds is 4. The number of nitrogens with zero attached hydrogens (tertiary/aromatic N) is 3. The predicted molar refractivity (Wildman–Crippen MR) is 88.8 cm³/mol. The summed E-state index contributed by atoms with van der Waals surface area (Å²) in [5.74, 6) is -0.117. The van der Waals surface area contributed by atoms with Crippen molar-refractivity contribution in [2.24, 2.45) is 7.05 Å². The Labute approximate surface area is 135 Å². The Morgan fingerprint density at radius 1 is 1.22 bits per heavy atom. The minimum Gasteiger partial charge on any atom is -0.348 e. The maximum atomic E-state index is 12.2. The van der Waals surface area contributed by atoms with Gasteiger partial charge in [0.05, 0.1) is 17.0 Å². The van der Waals surface area contributed by atoms with Crippen molar-refractivity contribution in [2.75, 3.05) is 0 Å². The quantitative estimate of drug-likeness (QED) is 0.806. The fraction of sp³-hybridized carbons (Fsp3) is 0.167. The molecule has 5 heteroatoms. The summed E-state index contributed by atoms with van der Waals surface area (Å²) >= 11 is 0. The van der Waals surface area contributed by atoms with Crippen LogP contribution in [0.2, 0.25) is 0 Å². The second-order valence-corrected chi connectivity index (χ2v) is 5.40. The van der Waals surface area contributed by atoms with Gasteiger partial charge in [-0.1, -0.05) is 30.3 Å². The lowest BCUT2D eigenvalue weighted by molar-refractivity contribution is 0.0950. The van der Waals surface area contributed by atoms with E-state index in [0.717, 1.165) is 22.5 Å². The molecule has 1 amide bonds. The molecule has 0 fully saturated rings. The Balaban J connectivity index is 1.71. The monoisotopic (exact) mass is 306 g/mol. The zero-order valence-electron chi connectivity index (χ0n) is 13.2. The molecule has 0 saturated heterocycles. The van der Waals surface area contributed by atoms with Gasteiger partial charge in [0.25, 0.3) is 5.91 Å². The van der Waals surface area contributed by atoms with Crippen molar-refractivity contribution < 1.29 is 4.79 Å². The van der Waals surface area contributed by atoms with Crippen molar-refractivity contribution >= 4 is 5.91 Å². The molecule has 0 radical (unpaired) electrons. The Kier molecular flexibility index (Phi) is 4.19. The van der Waals surface area contributed by atoms with E-state index in [1.807, 2.05) is 49.4 Å². The van der Waals surface area contributed by atoms with Gasteiger partial charge in [0.15, 0.2) is 0 Å². The third-order valence-electron chi connectivity index (χ3n) is 3.61. The topological polar surface area (TPSA) is 59.8 Å². The Hall–Kier alpha value is -2.95. The van der Waals surface area contributed by atoms with E-state index < -0.39 is 0 Å². The molecule has 0 unspecified atom stereocenters. The number of aryl methyl sites for hydroxylation is 2. The van der Waals surface area contributed by atoms with Crippen LogP contribution in [0.15, 0.2) is 54.9 Å². The number of nitrogens with one attached hydrogen (secondary N) is 1. The fourth-order valence-corrected chi connectivity index (χ4v) is 2.45. The zero-order valence-corrected chi connectivity index (χ0v) is 13.2. The van der Waals surface area contributed by atoms with E-state index in [2.05, 4.69) is 15.4 Å². The first-order valence-electron chi connectivity index (χ1n) is 7.42. The molecule has 0 saturated carbocycles. The van der Waals surface area contributed by atoms with Crippen LogP contribution < -0.4 is 5.32 Å². The highest BCUT2D eigenvalue weighted by molar-refractivity contribution is 5.94. The molecule has 116 valence electrons. The summed E-state index contributed by atoms with van der Waals surface area (Å²) in [6.07, 6.45) is 3.49. The highest BCUT2D eigenvalue weighted by atomic mass is 16.1. The van der Waals surface area contributed by atoms with Crippen LogP contribution in [0.3, 0.4) is 0 Å². The summed E-state index contributed by atoms with van der Waals surface area (Å²) in [5.41, 5.74) is 4.29. The lowest BCUT2D eigenvalue weighted by atomic mass is 10.1. The summed E-state index contributed by atoms with van der Waals surface area (Å²) in [7, 11) is 1.80. The Morgan fingerprint density at radius 2 is 2.00 bits per heavy atom. The molecular formula is C18H18N4O. The molecule has 2 heterocycles. The van der Waals surface area contributed by atoms with Gasteiger partial charge in [-0.2, -0.15) is 5.10 Å². The van der Waals surface area contributed by atoms with Crippen LogP contribution >= 0.6 is 0 Å². The maximum absolute atomic E-state index is 12.2. The van der Waals surface area contributed by atoms with E-state index in [4.69, 9.17) is 0 Å². The van der Waals surface area contributed by atoms with Crippen LogP contribution in [0.4, 0.5) is 0 Å². The highest BCUT2D eigenvalue weighted by Gasteiger charge is 2.12. The molecule has 23 heavy (non-hydrogen) atoms. The summed E-state index contributed by atoms with van der Waals surface area (Å²) in [6, 6.07) is 13.9. The van der Waals surface area contributed by atoms with Crippen molar-refractivity contribution in [1.82, 2.24) is 20.1 Å². The summed E-state index contributed by atoms with van der Waals surface area (Å²) < 4.78 is 1.64. The van der Waals surface area contributed by atoms with Gasteiger partial charge < -0.3 is 5.32 Å². The van der Waals surface area contributed by atoms with Gasteiger partial charge in [-0.3, -0.25) is 14.5 Å². The van der Waals surface area contributed by atoms with E-state index in [9.17, 15) is 4.79 Å². The molecule has 3 aromatic rings. The molecule has 1 N–H and O–H groups in total. The third kappa shape index (κ3) is 3.45. The zero-order chi connectivity index (χ0) is 16.2. The Morgan fingerprint density at radius 3 is 2.70 bits per heavy atom. The van der Waals surface area contributed by atoms with E-state index >= 15 is 0 Å². The number of benzene rings is 1. The van der Waals surface area contributed by atoms with Crippen LogP contribution in [0.25, 0.3) is 11.3 Å². The molecule has 0 spiro atoms. The second-order valence-electron chi connectivity index (χ2n) is 5.40. The molecule has 0 aliphatic carbocycles. The first-order valence-corrected chi connectivity index (χ1v) is 7.42. The standard InChI is InChI=1S/C18H18N4O/c1-13-16(12-22(2)21-13)18(23)20-11-14-8-9-19-17(10-14)15-6-4-3-5-7-15/h3-10,12H,11H2,1-2H3,(H,20,23). The van der Waals surface area contributed by atoms with Gasteiger partial charge in [-0.25, -0.2) is 0 Å². The summed E-state index contributed by atoms with van der Waals surface area (Å²) in [6.45, 7) is 2.28. The van der Waals surface area contributed by atoms with Crippen molar-refractivity contribution in [1.29, 1.82) is 0 Å². The van der Waals surface area contributed by atoms with Crippen LogP contribution in [-0.4, -0.2) is 20.7 Å². The summed E-state index contributed by atoms with van der Waals surface area (Å²) in [5, 5.41) is 7.11. The van der Waals surface area contributed by atoms with E-state index in [-0.39, 0.29) is 5.91 Å². The number of carbonyl (C=O) groups excluding carboxylic acids is 1. The normalized spacial score (nSPS) is 10.5. The maximum Gasteiger partial charge on any atom is 0.255 e. The molecule has 0 bridgehead atoms. The second kappa shape index (κ2) is 6.44. The fourth-order valence-electron chi connectivity index (χ4n) is 2.45. The molecule has 3 rings (SSSR count). The first kappa shape index (κ1) is 15.0. The van der Waals surface area contributed by atoms with Gasteiger partial charge in [0.1, 0.15) is 0 Å². The number of carbonyl (C=O) groups is 1. The average Bonchev–Trinajstić information content (AvgIpc) is 2.92. The molecule has 5 nitrogen and oxygen atoms in total. The van der Waals surface area contributed by atoms with Gasteiger partial charge in [0.2, 0.25) is 0 Å². The minimum atomic E-state index is -0.117. The predicted octanol–water partition coefficient (Wildman–Crippen LogP) is 2.72. The van der Waals surface area contributed by atoms with Crippen LogP contribution in [0, 0.1) is 6.92 Å². The van der Waals surface area contributed by atoms with E-state index in [1.54, 1.807) is 24.1 Å². The van der Waals surface area contributed by atoms with Crippen LogP contribution in [0.5, 0.6) is 0 Å². The van der Waals surface area contributed by atoms with Crippen molar-refractivity contribution in [2.45, 2.75) is 13.5 Å². The average molecular weight is 306 g/mol. The number of aromatic nitrogens is 3. The molecule has 0 aliphatic rings. The lowest BCUT2D eigenvalue weighted by Crippen LogP contribution is -2.23. The van der Waals surface area contributed by atoms with E-state index in [1.165, 1.54) is 0 Å². The molecular weight excluding hydrogens is 288 g/mol. The number of hydrogen-bond donors (Lipinski definition) is 1. The molecule has 0 atom stereocenters. The number of hydrogen-bond acceptors (Lipinski definition) is 3. The van der Waals surface area contributed by atoms with Gasteiger partial charge in [0, 0.05) is 31.5 Å². The number of amides is 1. The number of pyridine rings is 1. The smallest absolute Gasteiger partial charge is 0.255 e. The summed E-state index contributed by atoms with van der Waals surface area (Å²) in [4.78, 5) is 16.6. The lowest BCUT2D eigenvalue weighted by Gasteiger charge is -2.06. The van der Waals surface area contributed by atoms with Crippen LogP contribution in [0.1, 0.15) is 21.6 Å². The Bertz CT molecular complexity index is 824. The highest BCUT2D eigenvalue weighted by Crippen LogP contribution is 2.17. The van der Waals surface area contributed by atoms with Crippen LogP contribution in [-0.2, 0) is 13.6 Å². The molecule has 1 aromatic carbocycles. The molecule has 2 aromatic heterocycles. The van der Waals surface area contributed by atoms with Gasteiger partial charge in [-0.05, 0) is 24.6 Å².